The molecular weight excluding hydrogens is 316 g/mol. The van der Waals surface area contributed by atoms with Crippen LogP contribution in [-0.4, -0.2) is 45.4 Å². The molecule has 0 bridgehead atoms. The molecular formula is C20H36N2O3. The van der Waals surface area contributed by atoms with Crippen molar-refractivity contribution in [2.24, 2.45) is 5.73 Å². The molecule has 0 rings (SSSR count). The van der Waals surface area contributed by atoms with Crippen LogP contribution < -0.4 is 11.1 Å². The second kappa shape index (κ2) is 20.4. The van der Waals surface area contributed by atoms with Gasteiger partial charge >= 0.3 is 0 Å². The van der Waals surface area contributed by atoms with Crippen LogP contribution in [0.5, 0.6) is 0 Å². The monoisotopic (exact) mass is 352 g/mol. The van der Waals surface area contributed by atoms with E-state index in [1.54, 1.807) is 12.2 Å². The number of carbonyl (C=O) groups excluding carboxylic acids is 1. The molecule has 0 radical (unpaired) electrons. The van der Waals surface area contributed by atoms with Crippen molar-refractivity contribution >= 4 is 5.91 Å². The van der Waals surface area contributed by atoms with E-state index in [1.807, 2.05) is 45.9 Å². The number of allylic oxidation sites excluding steroid dienone is 5. The maximum absolute atomic E-state index is 11.9. The molecule has 0 aliphatic heterocycles. The Balaban J connectivity index is 0. The molecule has 0 aliphatic carbocycles. The summed E-state index contributed by atoms with van der Waals surface area (Å²) in [4.78, 5) is 11.9. The van der Waals surface area contributed by atoms with Crippen molar-refractivity contribution in [3.63, 3.8) is 0 Å². The summed E-state index contributed by atoms with van der Waals surface area (Å²) in [7, 11) is 0. The first-order valence-electron chi connectivity index (χ1n) is 8.80. The van der Waals surface area contributed by atoms with Gasteiger partial charge in [-0.2, -0.15) is 0 Å². The lowest BCUT2D eigenvalue weighted by atomic mass is 10.1. The second-order valence-electron chi connectivity index (χ2n) is 5.03. The third kappa shape index (κ3) is 18.5. The maximum Gasteiger partial charge on any atom is 0.251 e. The molecule has 0 unspecified atom stereocenters. The van der Waals surface area contributed by atoms with Crippen molar-refractivity contribution < 1.29 is 14.3 Å². The molecule has 1 amide bonds. The van der Waals surface area contributed by atoms with Gasteiger partial charge in [-0.1, -0.05) is 43.4 Å². The summed E-state index contributed by atoms with van der Waals surface area (Å²) >= 11 is 0. The smallest absolute Gasteiger partial charge is 0.251 e. The maximum atomic E-state index is 11.9. The van der Waals surface area contributed by atoms with Gasteiger partial charge in [0.25, 0.3) is 5.91 Å². The van der Waals surface area contributed by atoms with Crippen molar-refractivity contribution in [2.45, 2.75) is 34.1 Å². The Hall–Kier alpha value is -1.69. The summed E-state index contributed by atoms with van der Waals surface area (Å²) in [6.45, 7) is 14.7. The molecule has 0 aromatic heterocycles. The Bertz CT molecular complexity index is 423. The Morgan fingerprint density at radius 2 is 1.64 bits per heavy atom. The zero-order chi connectivity index (χ0) is 19.3. The molecule has 0 saturated heterocycles. The van der Waals surface area contributed by atoms with E-state index in [-0.39, 0.29) is 5.91 Å². The van der Waals surface area contributed by atoms with Crippen LogP contribution in [0.4, 0.5) is 0 Å². The fourth-order valence-electron chi connectivity index (χ4n) is 1.37. The molecule has 3 N–H and O–H groups in total. The summed E-state index contributed by atoms with van der Waals surface area (Å²) in [5, 5.41) is 2.80. The van der Waals surface area contributed by atoms with Crippen LogP contribution in [-0.2, 0) is 14.3 Å². The molecule has 0 aromatic carbocycles. The Morgan fingerprint density at radius 3 is 2.12 bits per heavy atom. The summed E-state index contributed by atoms with van der Waals surface area (Å²) in [6.07, 6.45) is 10.3. The number of nitrogens with two attached hydrogens (primary N) is 1. The van der Waals surface area contributed by atoms with Crippen molar-refractivity contribution in [1.82, 2.24) is 5.32 Å². The van der Waals surface area contributed by atoms with E-state index in [2.05, 4.69) is 11.9 Å². The first-order valence-corrected chi connectivity index (χ1v) is 8.80. The van der Waals surface area contributed by atoms with Crippen molar-refractivity contribution in [3.8, 4) is 0 Å². The molecule has 0 aromatic rings. The predicted molar refractivity (Wildman–Crippen MR) is 107 cm³/mol. The zero-order valence-electron chi connectivity index (χ0n) is 16.3. The van der Waals surface area contributed by atoms with Crippen LogP contribution >= 0.6 is 0 Å². The van der Waals surface area contributed by atoms with Gasteiger partial charge in [0.15, 0.2) is 0 Å². The lowest BCUT2D eigenvalue weighted by molar-refractivity contribution is -0.117. The number of nitrogens with one attached hydrogen (secondary N) is 1. The van der Waals surface area contributed by atoms with Gasteiger partial charge in [0.05, 0.1) is 26.4 Å². The number of amides is 1. The number of rotatable bonds is 12. The molecule has 0 saturated carbocycles. The highest BCUT2D eigenvalue weighted by atomic mass is 16.5. The molecule has 0 heterocycles. The van der Waals surface area contributed by atoms with Crippen LogP contribution in [0.2, 0.25) is 0 Å². The van der Waals surface area contributed by atoms with Gasteiger partial charge in [-0.15, -0.1) is 0 Å². The minimum Gasteiger partial charge on any atom is -0.378 e. The van der Waals surface area contributed by atoms with Gasteiger partial charge in [0.2, 0.25) is 0 Å². The molecule has 5 heteroatoms. The van der Waals surface area contributed by atoms with E-state index >= 15 is 0 Å². The number of ether oxygens (including phenoxy) is 2. The highest BCUT2D eigenvalue weighted by Gasteiger charge is 2.04. The first-order chi connectivity index (χ1) is 12.1. The second-order valence-corrected chi connectivity index (χ2v) is 5.03. The normalized spacial score (nSPS) is 11.5. The molecule has 25 heavy (non-hydrogen) atoms. The lowest BCUT2D eigenvalue weighted by Crippen LogP contribution is -2.28. The minimum atomic E-state index is -0.111. The van der Waals surface area contributed by atoms with Crippen LogP contribution in [0, 0.1) is 0 Å². The van der Waals surface area contributed by atoms with E-state index in [0.717, 1.165) is 12.0 Å². The SMILES string of the molecule is C/C=C\C.C=C(/C=C\C(=C/C)C(=O)NCCOCCOCCN)CC. The molecule has 0 spiro atoms. The van der Waals surface area contributed by atoms with Gasteiger partial charge in [0, 0.05) is 18.7 Å². The number of hydrogen-bond donors (Lipinski definition) is 2. The van der Waals surface area contributed by atoms with Gasteiger partial charge in [-0.25, -0.2) is 0 Å². The van der Waals surface area contributed by atoms with Crippen molar-refractivity contribution in [1.29, 1.82) is 0 Å². The molecule has 0 aliphatic rings. The average molecular weight is 353 g/mol. The van der Waals surface area contributed by atoms with Crippen LogP contribution in [0.3, 0.4) is 0 Å². The highest BCUT2D eigenvalue weighted by Crippen LogP contribution is 2.03. The highest BCUT2D eigenvalue weighted by molar-refractivity contribution is 5.96. The lowest BCUT2D eigenvalue weighted by Gasteiger charge is -2.07. The summed E-state index contributed by atoms with van der Waals surface area (Å²) in [6, 6.07) is 0. The number of carbonyl (C=O) groups is 1. The van der Waals surface area contributed by atoms with Crippen LogP contribution in [0.25, 0.3) is 0 Å². The van der Waals surface area contributed by atoms with Crippen molar-refractivity contribution in [3.05, 3.63) is 48.1 Å². The van der Waals surface area contributed by atoms with Crippen molar-refractivity contribution in [2.75, 3.05) is 39.5 Å². The van der Waals surface area contributed by atoms with Gasteiger partial charge in [0.1, 0.15) is 0 Å². The average Bonchev–Trinajstić information content (AvgIpc) is 2.64. The first kappa shape index (κ1) is 25.5. The van der Waals surface area contributed by atoms with Gasteiger partial charge in [-0.05, 0) is 33.3 Å². The predicted octanol–water partition coefficient (Wildman–Crippen LogP) is 3.15. The van der Waals surface area contributed by atoms with E-state index in [4.69, 9.17) is 15.2 Å². The fraction of sp³-hybridized carbons (Fsp3) is 0.550. The minimum absolute atomic E-state index is 0.111. The van der Waals surface area contributed by atoms with E-state index < -0.39 is 0 Å². The molecule has 5 nitrogen and oxygen atoms in total. The molecule has 144 valence electrons. The third-order valence-electron chi connectivity index (χ3n) is 3.03. The molecule has 0 atom stereocenters. The van der Waals surface area contributed by atoms with Crippen LogP contribution in [0.15, 0.2) is 48.1 Å². The number of hydrogen-bond acceptors (Lipinski definition) is 4. The Morgan fingerprint density at radius 1 is 1.04 bits per heavy atom. The summed E-state index contributed by atoms with van der Waals surface area (Å²) in [5.74, 6) is -0.111. The zero-order valence-corrected chi connectivity index (χ0v) is 16.3. The molecule has 0 fully saturated rings. The summed E-state index contributed by atoms with van der Waals surface area (Å²) in [5.41, 5.74) is 6.90. The fourth-order valence-corrected chi connectivity index (χ4v) is 1.37. The van der Waals surface area contributed by atoms with Gasteiger partial charge < -0.3 is 20.5 Å². The standard InChI is InChI=1S/C16H28N2O3.C4H8/c1-4-14(3)6-7-15(5-2)16(19)18-9-11-21-13-12-20-10-8-17;1-3-4-2/h5-7H,3-4,8-13,17H2,1-2H3,(H,18,19);3-4H,1-2H3/b7-6-,15-5+;4-3-. The van der Waals surface area contributed by atoms with E-state index in [9.17, 15) is 4.79 Å². The Labute approximate surface area is 153 Å². The largest absolute Gasteiger partial charge is 0.378 e. The topological polar surface area (TPSA) is 73.6 Å². The van der Waals surface area contributed by atoms with Gasteiger partial charge in [-0.3, -0.25) is 4.79 Å². The third-order valence-corrected chi connectivity index (χ3v) is 3.03. The van der Waals surface area contributed by atoms with E-state index in [1.165, 1.54) is 0 Å². The summed E-state index contributed by atoms with van der Waals surface area (Å²) < 4.78 is 10.5. The van der Waals surface area contributed by atoms with E-state index in [0.29, 0.717) is 45.1 Å². The van der Waals surface area contributed by atoms with Crippen LogP contribution in [0.1, 0.15) is 34.1 Å². The Kier molecular flexibility index (Phi) is 20.8. The quantitative estimate of drug-likeness (QED) is 0.245.